The largest absolute Gasteiger partial charge is 0.350 e. The number of carbonyl (C=O) groups is 2. The molecule has 2 amide bonds. The second-order valence-corrected chi connectivity index (χ2v) is 10.8. The van der Waals surface area contributed by atoms with Gasteiger partial charge in [-0.05, 0) is 55.9 Å². The number of thiazole rings is 1. The number of aryl methyl sites for hydroxylation is 2. The Hall–Kier alpha value is -2.41. The number of hydrogen-bond acceptors (Lipinski definition) is 4. The van der Waals surface area contributed by atoms with Crippen LogP contribution in [0.2, 0.25) is 10.0 Å². The number of rotatable bonds is 5. The molecular weight excluding hydrogens is 477 g/mol. The van der Waals surface area contributed by atoms with Crippen LogP contribution in [0.4, 0.5) is 0 Å². The number of amides is 2. The van der Waals surface area contributed by atoms with E-state index in [1.807, 2.05) is 36.9 Å². The zero-order valence-corrected chi connectivity index (χ0v) is 20.6. The highest BCUT2D eigenvalue weighted by Crippen LogP contribution is 2.50. The quantitative estimate of drug-likeness (QED) is 0.495. The highest BCUT2D eigenvalue weighted by Gasteiger charge is 2.54. The zero-order valence-electron chi connectivity index (χ0n) is 18.3. The lowest BCUT2D eigenvalue weighted by atomic mass is 10.1. The minimum absolute atomic E-state index is 0.0510. The maximum absolute atomic E-state index is 13.6. The zero-order chi connectivity index (χ0) is 23.3. The van der Waals surface area contributed by atoms with Gasteiger partial charge >= 0.3 is 0 Å². The molecule has 2 aliphatic rings. The molecule has 3 aromatic rings. The number of fused-ring (bicyclic) bond motifs is 1. The predicted octanol–water partition coefficient (Wildman–Crippen LogP) is 5.62. The average Bonchev–Trinajstić information content (AvgIpc) is 3.28. The SMILES string of the molecule is Cc1cccc(-c2sc(C)nc2C(=O)N2CC3CC3C2CNC(=O)c2ccc(Cl)cc2Cl)c1. The van der Waals surface area contributed by atoms with Gasteiger partial charge in [0.15, 0.2) is 0 Å². The maximum Gasteiger partial charge on any atom is 0.274 e. The molecule has 3 atom stereocenters. The molecule has 1 saturated carbocycles. The Morgan fingerprint density at radius 1 is 1.18 bits per heavy atom. The van der Waals surface area contributed by atoms with Crippen molar-refractivity contribution in [3.05, 3.63) is 74.3 Å². The highest BCUT2D eigenvalue weighted by molar-refractivity contribution is 7.15. The number of nitrogens with zero attached hydrogens (tertiary/aromatic N) is 2. The van der Waals surface area contributed by atoms with Gasteiger partial charge in [-0.15, -0.1) is 11.3 Å². The number of aromatic nitrogens is 1. The standard InChI is InChI=1S/C25H23Cl2N3O2S/c1-13-4-3-5-15(8-13)23-22(29-14(2)33-23)25(32)30-12-16-9-19(16)21(30)11-28-24(31)18-7-6-17(26)10-20(18)27/h3-8,10,16,19,21H,9,11-12H2,1-2H3,(H,28,31). The van der Waals surface area contributed by atoms with Gasteiger partial charge in [0.1, 0.15) is 5.69 Å². The van der Waals surface area contributed by atoms with E-state index in [-0.39, 0.29) is 17.9 Å². The maximum atomic E-state index is 13.6. The third-order valence-corrected chi connectivity index (χ3v) is 8.00. The Morgan fingerprint density at radius 2 is 2.00 bits per heavy atom. The molecular formula is C25H23Cl2N3O2S. The van der Waals surface area contributed by atoms with Gasteiger partial charge in [-0.1, -0.05) is 53.0 Å². The van der Waals surface area contributed by atoms with E-state index >= 15 is 0 Å². The summed E-state index contributed by atoms with van der Waals surface area (Å²) >= 11 is 13.7. The van der Waals surface area contributed by atoms with Crippen LogP contribution in [-0.4, -0.2) is 40.8 Å². The van der Waals surface area contributed by atoms with E-state index in [4.69, 9.17) is 23.2 Å². The summed E-state index contributed by atoms with van der Waals surface area (Å²) in [6.45, 7) is 5.05. The van der Waals surface area contributed by atoms with Gasteiger partial charge in [-0.25, -0.2) is 4.98 Å². The van der Waals surface area contributed by atoms with Gasteiger partial charge in [-0.2, -0.15) is 0 Å². The number of halogens is 2. The molecule has 33 heavy (non-hydrogen) atoms. The number of carbonyl (C=O) groups excluding carboxylic acids is 2. The summed E-state index contributed by atoms with van der Waals surface area (Å²) < 4.78 is 0. The van der Waals surface area contributed by atoms with Crippen molar-refractivity contribution in [2.75, 3.05) is 13.1 Å². The van der Waals surface area contributed by atoms with Gasteiger partial charge in [0.25, 0.3) is 11.8 Å². The van der Waals surface area contributed by atoms with Crippen molar-refractivity contribution < 1.29 is 9.59 Å². The number of nitrogens with one attached hydrogen (secondary N) is 1. The highest BCUT2D eigenvalue weighted by atomic mass is 35.5. The van der Waals surface area contributed by atoms with Crippen LogP contribution in [0.1, 0.15) is 37.8 Å². The fourth-order valence-electron chi connectivity index (χ4n) is 4.72. The van der Waals surface area contributed by atoms with E-state index in [0.29, 0.717) is 46.2 Å². The van der Waals surface area contributed by atoms with Crippen molar-refractivity contribution in [3.8, 4) is 10.4 Å². The monoisotopic (exact) mass is 499 g/mol. The van der Waals surface area contributed by atoms with Gasteiger partial charge in [0.05, 0.1) is 26.5 Å². The Balaban J connectivity index is 1.35. The molecule has 5 nitrogen and oxygen atoms in total. The Bertz CT molecular complexity index is 1260. The average molecular weight is 500 g/mol. The molecule has 170 valence electrons. The van der Waals surface area contributed by atoms with Gasteiger partial charge in [0.2, 0.25) is 0 Å². The minimum Gasteiger partial charge on any atom is -0.350 e. The van der Waals surface area contributed by atoms with Crippen LogP contribution in [0, 0.1) is 25.7 Å². The lowest BCUT2D eigenvalue weighted by Crippen LogP contribution is -2.45. The second-order valence-electron chi connectivity index (χ2n) is 8.80. The summed E-state index contributed by atoms with van der Waals surface area (Å²) in [5.74, 6) is 0.583. The first-order chi connectivity index (χ1) is 15.8. The Labute approximate surface area is 206 Å². The van der Waals surface area contributed by atoms with Crippen molar-refractivity contribution in [3.63, 3.8) is 0 Å². The molecule has 1 N–H and O–H groups in total. The van der Waals surface area contributed by atoms with Gasteiger partial charge < -0.3 is 10.2 Å². The predicted molar refractivity (Wildman–Crippen MR) is 132 cm³/mol. The Morgan fingerprint density at radius 3 is 2.76 bits per heavy atom. The molecule has 1 aliphatic carbocycles. The summed E-state index contributed by atoms with van der Waals surface area (Å²) in [7, 11) is 0. The van der Waals surface area contributed by atoms with E-state index in [2.05, 4.69) is 16.4 Å². The molecule has 0 radical (unpaired) electrons. The smallest absolute Gasteiger partial charge is 0.274 e. The first kappa shape index (κ1) is 22.4. The fourth-order valence-corrected chi connectivity index (χ4v) is 6.12. The van der Waals surface area contributed by atoms with E-state index in [9.17, 15) is 9.59 Å². The summed E-state index contributed by atoms with van der Waals surface area (Å²) in [5, 5.41) is 4.63. The number of benzene rings is 2. The van der Waals surface area contributed by atoms with Crippen LogP contribution >= 0.6 is 34.5 Å². The summed E-state index contributed by atoms with van der Waals surface area (Å²) in [5.41, 5.74) is 3.03. The molecule has 1 aromatic heterocycles. The molecule has 0 bridgehead atoms. The van der Waals surface area contributed by atoms with Crippen LogP contribution in [0.3, 0.4) is 0 Å². The molecule has 8 heteroatoms. The van der Waals surface area contributed by atoms with Crippen molar-refractivity contribution in [2.24, 2.45) is 11.8 Å². The van der Waals surface area contributed by atoms with Crippen LogP contribution in [0.5, 0.6) is 0 Å². The molecule has 1 aliphatic heterocycles. The second kappa shape index (κ2) is 8.75. The van der Waals surface area contributed by atoms with Crippen molar-refractivity contribution in [1.29, 1.82) is 0 Å². The van der Waals surface area contributed by atoms with E-state index in [1.54, 1.807) is 29.5 Å². The molecule has 2 fully saturated rings. The molecule has 1 saturated heterocycles. The normalized spacial score (nSPS) is 21.1. The van der Waals surface area contributed by atoms with Crippen LogP contribution in [-0.2, 0) is 0 Å². The molecule has 5 rings (SSSR count). The molecule has 0 spiro atoms. The van der Waals surface area contributed by atoms with Crippen LogP contribution < -0.4 is 5.32 Å². The van der Waals surface area contributed by atoms with Crippen LogP contribution in [0.25, 0.3) is 10.4 Å². The Kier molecular flexibility index (Phi) is 5.93. The number of piperidine rings is 1. The van der Waals surface area contributed by atoms with E-state index in [1.165, 1.54) is 0 Å². The first-order valence-corrected chi connectivity index (χ1v) is 12.5. The molecule has 2 aromatic carbocycles. The third-order valence-electron chi connectivity index (χ3n) is 6.43. The first-order valence-electron chi connectivity index (χ1n) is 10.9. The number of hydrogen-bond donors (Lipinski definition) is 1. The lowest BCUT2D eigenvalue weighted by Gasteiger charge is -2.27. The fraction of sp³-hybridized carbons (Fsp3) is 0.320. The van der Waals surface area contributed by atoms with Gasteiger partial charge in [0, 0.05) is 18.1 Å². The molecule has 3 unspecified atom stereocenters. The van der Waals surface area contributed by atoms with Crippen molar-refractivity contribution in [2.45, 2.75) is 26.3 Å². The number of likely N-dealkylation sites (tertiary alicyclic amines) is 1. The third kappa shape index (κ3) is 4.39. The van der Waals surface area contributed by atoms with Crippen molar-refractivity contribution >= 4 is 46.4 Å². The molecule has 2 heterocycles. The summed E-state index contributed by atoms with van der Waals surface area (Å²) in [6.07, 6.45) is 1.09. The lowest BCUT2D eigenvalue weighted by molar-refractivity contribution is 0.0690. The van der Waals surface area contributed by atoms with E-state index in [0.717, 1.165) is 27.4 Å². The van der Waals surface area contributed by atoms with E-state index < -0.39 is 0 Å². The topological polar surface area (TPSA) is 62.3 Å². The summed E-state index contributed by atoms with van der Waals surface area (Å²) in [4.78, 5) is 33.8. The minimum atomic E-state index is -0.266. The van der Waals surface area contributed by atoms with Gasteiger partial charge in [-0.3, -0.25) is 9.59 Å². The van der Waals surface area contributed by atoms with Crippen LogP contribution in [0.15, 0.2) is 42.5 Å². The van der Waals surface area contributed by atoms with Crippen molar-refractivity contribution in [1.82, 2.24) is 15.2 Å². The summed E-state index contributed by atoms with van der Waals surface area (Å²) in [6, 6.07) is 12.9.